The van der Waals surface area contributed by atoms with Gasteiger partial charge in [-0.05, 0) is 38.4 Å². The summed E-state index contributed by atoms with van der Waals surface area (Å²) in [7, 11) is -1.60. The Morgan fingerprint density at radius 2 is 1.94 bits per heavy atom. The van der Waals surface area contributed by atoms with Gasteiger partial charge in [0.2, 0.25) is 0 Å². The molecule has 0 saturated heterocycles. The molecule has 0 amide bonds. The maximum absolute atomic E-state index is 11.3. The third-order valence-electron chi connectivity index (χ3n) is 1.75. The van der Waals surface area contributed by atoms with Crippen LogP contribution in [-0.2, 0) is 4.74 Å². The largest absolute Gasteiger partial charge is 0.514 e. The quantitative estimate of drug-likeness (QED) is 0.450. The van der Waals surface area contributed by atoms with E-state index >= 15 is 0 Å². The van der Waals surface area contributed by atoms with E-state index in [0.717, 1.165) is 0 Å². The number of rotatable bonds is 2. The minimum atomic E-state index is -1.60. The Kier molecular flexibility index (Phi) is 4.14. The lowest BCUT2D eigenvalue weighted by molar-refractivity contribution is 0.0206. The van der Waals surface area contributed by atoms with E-state index in [1.807, 2.05) is 0 Å². The molecular formula is C11H15BO5. The summed E-state index contributed by atoms with van der Waals surface area (Å²) in [5.74, 6) is 0.199. The molecule has 1 aromatic carbocycles. The number of carbonyl (C=O) groups is 1. The molecule has 0 heterocycles. The predicted octanol–water partition coefficient (Wildman–Crippen LogP) is 0.680. The number of benzene rings is 1. The molecule has 0 saturated carbocycles. The molecule has 1 rings (SSSR count). The monoisotopic (exact) mass is 238 g/mol. The van der Waals surface area contributed by atoms with Gasteiger partial charge in [-0.1, -0.05) is 12.1 Å². The Hall–Kier alpha value is -1.53. The van der Waals surface area contributed by atoms with E-state index in [2.05, 4.69) is 0 Å². The van der Waals surface area contributed by atoms with Crippen LogP contribution in [0.15, 0.2) is 24.3 Å². The number of ether oxygens (including phenoxy) is 2. The molecule has 0 aliphatic carbocycles. The summed E-state index contributed by atoms with van der Waals surface area (Å²) in [4.78, 5) is 11.3. The molecule has 0 aromatic heterocycles. The van der Waals surface area contributed by atoms with Gasteiger partial charge in [0.1, 0.15) is 11.4 Å². The van der Waals surface area contributed by atoms with Crippen molar-refractivity contribution < 1.29 is 24.3 Å². The van der Waals surface area contributed by atoms with E-state index in [-0.39, 0.29) is 11.2 Å². The molecule has 0 spiro atoms. The Morgan fingerprint density at radius 1 is 1.29 bits per heavy atom. The highest BCUT2D eigenvalue weighted by Gasteiger charge is 2.19. The summed E-state index contributed by atoms with van der Waals surface area (Å²) in [6.45, 7) is 5.17. The lowest BCUT2D eigenvalue weighted by Gasteiger charge is -2.18. The van der Waals surface area contributed by atoms with Crippen molar-refractivity contribution in [2.24, 2.45) is 0 Å². The van der Waals surface area contributed by atoms with Gasteiger partial charge in [-0.25, -0.2) is 4.79 Å². The van der Waals surface area contributed by atoms with Crippen molar-refractivity contribution in [1.82, 2.24) is 0 Å². The van der Waals surface area contributed by atoms with Crippen molar-refractivity contribution in [3.63, 3.8) is 0 Å². The molecule has 0 unspecified atom stereocenters. The first-order valence-corrected chi connectivity index (χ1v) is 5.15. The minimum Gasteiger partial charge on any atom is -0.428 e. The first-order valence-electron chi connectivity index (χ1n) is 5.15. The van der Waals surface area contributed by atoms with E-state index in [9.17, 15) is 4.79 Å². The van der Waals surface area contributed by atoms with Crippen LogP contribution >= 0.6 is 0 Å². The van der Waals surface area contributed by atoms with E-state index in [1.54, 1.807) is 26.8 Å². The lowest BCUT2D eigenvalue weighted by Crippen LogP contribution is -2.30. The van der Waals surface area contributed by atoms with Gasteiger partial charge in [0.15, 0.2) is 0 Å². The average Bonchev–Trinajstić information content (AvgIpc) is 2.14. The molecule has 1 aromatic rings. The Balaban J connectivity index is 2.69. The van der Waals surface area contributed by atoms with Crippen LogP contribution in [0.4, 0.5) is 4.79 Å². The van der Waals surface area contributed by atoms with E-state index < -0.39 is 18.9 Å². The van der Waals surface area contributed by atoms with Crippen molar-refractivity contribution >= 4 is 18.7 Å². The normalized spacial score (nSPS) is 10.9. The van der Waals surface area contributed by atoms with Gasteiger partial charge in [-0.15, -0.1) is 0 Å². The van der Waals surface area contributed by atoms with Gasteiger partial charge in [0.25, 0.3) is 0 Å². The highest BCUT2D eigenvalue weighted by atomic mass is 16.7. The highest BCUT2D eigenvalue weighted by molar-refractivity contribution is 6.58. The zero-order valence-electron chi connectivity index (χ0n) is 10.0. The van der Waals surface area contributed by atoms with Gasteiger partial charge in [-0.2, -0.15) is 0 Å². The van der Waals surface area contributed by atoms with Crippen molar-refractivity contribution in [1.29, 1.82) is 0 Å². The first kappa shape index (κ1) is 13.5. The van der Waals surface area contributed by atoms with Gasteiger partial charge >= 0.3 is 13.3 Å². The second kappa shape index (κ2) is 5.20. The lowest BCUT2D eigenvalue weighted by atomic mass is 9.80. The van der Waals surface area contributed by atoms with E-state index in [4.69, 9.17) is 19.5 Å². The summed E-state index contributed by atoms with van der Waals surface area (Å²) in [6.07, 6.45) is -0.831. The van der Waals surface area contributed by atoms with Crippen molar-refractivity contribution in [2.45, 2.75) is 26.4 Å². The van der Waals surface area contributed by atoms with Crippen LogP contribution in [0, 0.1) is 0 Å². The fraction of sp³-hybridized carbons (Fsp3) is 0.364. The zero-order chi connectivity index (χ0) is 13.1. The molecule has 5 nitrogen and oxygen atoms in total. The summed E-state index contributed by atoms with van der Waals surface area (Å²) in [5, 5.41) is 17.9. The Bertz CT molecular complexity index is 397. The molecule has 6 heteroatoms. The summed E-state index contributed by atoms with van der Waals surface area (Å²) >= 11 is 0. The first-order chi connectivity index (χ1) is 7.78. The van der Waals surface area contributed by atoms with E-state index in [1.165, 1.54) is 18.2 Å². The number of carbonyl (C=O) groups excluding carboxylic acids is 1. The summed E-state index contributed by atoms with van der Waals surface area (Å²) in [6, 6.07) is 5.94. The topological polar surface area (TPSA) is 76.0 Å². The third kappa shape index (κ3) is 4.88. The summed E-state index contributed by atoms with van der Waals surface area (Å²) < 4.78 is 9.85. The van der Waals surface area contributed by atoms with Crippen LogP contribution in [-0.4, -0.2) is 28.9 Å². The second-order valence-electron chi connectivity index (χ2n) is 4.51. The summed E-state index contributed by atoms with van der Waals surface area (Å²) in [5.41, 5.74) is -0.392. The average molecular weight is 238 g/mol. The molecule has 17 heavy (non-hydrogen) atoms. The molecule has 0 bridgehead atoms. The van der Waals surface area contributed by atoms with Crippen LogP contribution in [0.25, 0.3) is 0 Å². The van der Waals surface area contributed by atoms with Gasteiger partial charge in [0, 0.05) is 0 Å². The molecule has 92 valence electrons. The maximum atomic E-state index is 11.3. The smallest absolute Gasteiger partial charge is 0.428 e. The van der Waals surface area contributed by atoms with Gasteiger partial charge in [0.05, 0.1) is 0 Å². The van der Waals surface area contributed by atoms with E-state index in [0.29, 0.717) is 0 Å². The SMILES string of the molecule is CC(C)(C)OC(=O)Oc1cccc(B(O)O)c1. The number of hydrogen-bond acceptors (Lipinski definition) is 5. The molecule has 0 radical (unpaired) electrons. The molecule has 0 fully saturated rings. The van der Waals surface area contributed by atoms with Crippen LogP contribution in [0.1, 0.15) is 20.8 Å². The minimum absolute atomic E-state index is 0.199. The standard InChI is InChI=1S/C11H15BO5/c1-11(2,3)17-10(13)16-9-6-4-5-8(7-9)12(14)15/h4-7,14-15H,1-3H3. The fourth-order valence-corrected chi connectivity index (χ4v) is 1.11. The van der Waals surface area contributed by atoms with Gasteiger partial charge in [-0.3, -0.25) is 0 Å². The van der Waals surface area contributed by atoms with Crippen LogP contribution in [0.5, 0.6) is 5.75 Å². The molecule has 2 N–H and O–H groups in total. The highest BCUT2D eigenvalue weighted by Crippen LogP contribution is 2.12. The van der Waals surface area contributed by atoms with Crippen LogP contribution < -0.4 is 10.2 Å². The Morgan fingerprint density at radius 3 is 2.47 bits per heavy atom. The van der Waals surface area contributed by atoms with Gasteiger partial charge < -0.3 is 19.5 Å². The second-order valence-corrected chi connectivity index (χ2v) is 4.51. The zero-order valence-corrected chi connectivity index (χ0v) is 10.0. The molecule has 0 aliphatic rings. The van der Waals surface area contributed by atoms with Crippen molar-refractivity contribution in [3.05, 3.63) is 24.3 Å². The number of hydrogen-bond donors (Lipinski definition) is 2. The third-order valence-corrected chi connectivity index (χ3v) is 1.75. The molecular weight excluding hydrogens is 223 g/mol. The maximum Gasteiger partial charge on any atom is 0.514 e. The predicted molar refractivity (Wildman–Crippen MR) is 63.1 cm³/mol. The van der Waals surface area contributed by atoms with Crippen molar-refractivity contribution in [3.8, 4) is 5.75 Å². The molecule has 0 aliphatic heterocycles. The Labute approximate surface area is 100 Å². The van der Waals surface area contributed by atoms with Crippen LogP contribution in [0.2, 0.25) is 0 Å². The molecule has 0 atom stereocenters. The fourth-order valence-electron chi connectivity index (χ4n) is 1.11. The van der Waals surface area contributed by atoms with Crippen molar-refractivity contribution in [2.75, 3.05) is 0 Å². The van der Waals surface area contributed by atoms with Crippen LogP contribution in [0.3, 0.4) is 0 Å².